The van der Waals surface area contributed by atoms with Crippen molar-refractivity contribution in [2.45, 2.75) is 19.3 Å². The summed E-state index contributed by atoms with van der Waals surface area (Å²) in [6, 6.07) is 6.73. The number of aromatic hydroxyl groups is 1. The third-order valence-electron chi connectivity index (χ3n) is 3.09. The van der Waals surface area contributed by atoms with Crippen LogP contribution in [0.2, 0.25) is 0 Å². The molecule has 2 N–H and O–H groups in total. The predicted octanol–water partition coefficient (Wildman–Crippen LogP) is 2.44. The van der Waals surface area contributed by atoms with Gasteiger partial charge in [0.05, 0.1) is 11.3 Å². The van der Waals surface area contributed by atoms with E-state index < -0.39 is 0 Å². The van der Waals surface area contributed by atoms with E-state index in [2.05, 4.69) is 15.3 Å². The largest absolute Gasteiger partial charge is 0.508 e. The Balaban J connectivity index is 1.88. The zero-order valence-electron chi connectivity index (χ0n) is 10.3. The van der Waals surface area contributed by atoms with Crippen LogP contribution in [0.5, 0.6) is 5.75 Å². The summed E-state index contributed by atoms with van der Waals surface area (Å²) in [6.45, 7) is 0. The maximum atomic E-state index is 11.7. The number of phenolic OH excluding ortho intramolecular Hbond substituents is 1. The highest BCUT2D eigenvalue weighted by Crippen LogP contribution is 2.22. The van der Waals surface area contributed by atoms with Crippen LogP contribution in [0.1, 0.15) is 28.9 Å². The van der Waals surface area contributed by atoms with E-state index in [4.69, 9.17) is 0 Å². The number of hydrogen-bond donors (Lipinski definition) is 2. The number of nitrogens with zero attached hydrogens (tertiary/aromatic N) is 2. The van der Waals surface area contributed by atoms with Crippen LogP contribution in [-0.4, -0.2) is 20.9 Å². The second-order valence-electron chi connectivity index (χ2n) is 4.51. The quantitative estimate of drug-likeness (QED) is 0.862. The summed E-state index contributed by atoms with van der Waals surface area (Å²) in [5.74, 6) is 0.738. The lowest BCUT2D eigenvalue weighted by Gasteiger charge is -2.14. The molecule has 0 aliphatic heterocycles. The lowest BCUT2D eigenvalue weighted by Crippen LogP contribution is -2.14. The number of aromatic nitrogens is 2. The second kappa shape index (κ2) is 4.68. The van der Waals surface area contributed by atoms with Crippen LogP contribution >= 0.6 is 0 Å². The second-order valence-corrected chi connectivity index (χ2v) is 4.51. The molecule has 1 heterocycles. The number of Topliss-reactive ketones (excluding diaryl/α,β-unsaturated/α-hetero) is 1. The fourth-order valence-corrected chi connectivity index (χ4v) is 2.16. The third kappa shape index (κ3) is 2.40. The van der Waals surface area contributed by atoms with E-state index in [1.54, 1.807) is 24.4 Å². The molecule has 0 atom stereocenters. The first kappa shape index (κ1) is 11.6. The van der Waals surface area contributed by atoms with Crippen LogP contribution in [0.3, 0.4) is 0 Å². The van der Waals surface area contributed by atoms with Crippen molar-refractivity contribution in [2.24, 2.45) is 0 Å². The van der Waals surface area contributed by atoms with E-state index in [0.29, 0.717) is 23.6 Å². The Morgan fingerprint density at radius 3 is 3.00 bits per heavy atom. The van der Waals surface area contributed by atoms with Gasteiger partial charge in [0.15, 0.2) is 5.78 Å². The molecule has 0 saturated heterocycles. The number of ketones is 1. The lowest BCUT2D eigenvalue weighted by molar-refractivity contribution is 0.0971. The minimum Gasteiger partial charge on any atom is -0.508 e. The van der Waals surface area contributed by atoms with Gasteiger partial charge in [-0.25, -0.2) is 9.97 Å². The average Bonchev–Trinajstić information content (AvgIpc) is 2.39. The molecule has 3 rings (SSSR count). The summed E-state index contributed by atoms with van der Waals surface area (Å²) < 4.78 is 0. The van der Waals surface area contributed by atoms with Crippen molar-refractivity contribution < 1.29 is 9.90 Å². The van der Waals surface area contributed by atoms with Crippen LogP contribution in [0.4, 0.5) is 11.6 Å². The average molecular weight is 255 g/mol. The molecule has 0 bridgehead atoms. The normalized spacial score (nSPS) is 14.0. The van der Waals surface area contributed by atoms with Crippen LogP contribution in [0.25, 0.3) is 0 Å². The Bertz CT molecular complexity index is 640. The van der Waals surface area contributed by atoms with E-state index in [1.807, 2.05) is 6.07 Å². The topological polar surface area (TPSA) is 75.1 Å². The zero-order valence-corrected chi connectivity index (χ0v) is 10.3. The minimum atomic E-state index is 0.116. The van der Waals surface area contributed by atoms with Gasteiger partial charge in [-0.3, -0.25) is 4.79 Å². The number of rotatable bonds is 2. The minimum absolute atomic E-state index is 0.116. The molecule has 5 nitrogen and oxygen atoms in total. The molecular formula is C14H13N3O2. The highest BCUT2D eigenvalue weighted by atomic mass is 16.3. The molecule has 1 aliphatic carbocycles. The Labute approximate surface area is 110 Å². The third-order valence-corrected chi connectivity index (χ3v) is 3.09. The highest BCUT2D eigenvalue weighted by Gasteiger charge is 2.19. The Kier molecular flexibility index (Phi) is 2.87. The van der Waals surface area contributed by atoms with Gasteiger partial charge >= 0.3 is 0 Å². The SMILES string of the molecule is O=C1CCCc2nc(Nc3cccc(O)c3)ncc21. The van der Waals surface area contributed by atoms with Gasteiger partial charge < -0.3 is 10.4 Å². The fourth-order valence-electron chi connectivity index (χ4n) is 2.16. The van der Waals surface area contributed by atoms with Crippen molar-refractivity contribution in [3.8, 4) is 5.75 Å². The number of nitrogens with one attached hydrogen (secondary N) is 1. The van der Waals surface area contributed by atoms with Gasteiger partial charge in [0, 0.05) is 24.4 Å². The monoisotopic (exact) mass is 255 g/mol. The molecule has 96 valence electrons. The molecule has 0 spiro atoms. The van der Waals surface area contributed by atoms with E-state index in [1.165, 1.54) is 0 Å². The Morgan fingerprint density at radius 2 is 2.16 bits per heavy atom. The first-order valence-electron chi connectivity index (χ1n) is 6.17. The van der Waals surface area contributed by atoms with Gasteiger partial charge in [0.25, 0.3) is 0 Å². The number of aryl methyl sites for hydroxylation is 1. The van der Waals surface area contributed by atoms with Crippen molar-refractivity contribution in [2.75, 3.05) is 5.32 Å². The molecule has 1 aliphatic rings. The van der Waals surface area contributed by atoms with Crippen molar-refractivity contribution in [3.63, 3.8) is 0 Å². The molecule has 1 aromatic carbocycles. The van der Waals surface area contributed by atoms with Gasteiger partial charge in [-0.15, -0.1) is 0 Å². The van der Waals surface area contributed by atoms with E-state index >= 15 is 0 Å². The lowest BCUT2D eigenvalue weighted by atomic mass is 9.96. The van der Waals surface area contributed by atoms with Gasteiger partial charge in [-0.1, -0.05) is 6.07 Å². The van der Waals surface area contributed by atoms with Crippen LogP contribution < -0.4 is 5.32 Å². The summed E-state index contributed by atoms with van der Waals surface area (Å²) in [5.41, 5.74) is 2.14. The van der Waals surface area contributed by atoms with Crippen molar-refractivity contribution >= 4 is 17.4 Å². The number of fused-ring (bicyclic) bond motifs is 1. The molecule has 0 unspecified atom stereocenters. The van der Waals surface area contributed by atoms with E-state index in [9.17, 15) is 9.90 Å². The molecule has 1 aromatic heterocycles. The Morgan fingerprint density at radius 1 is 1.26 bits per heavy atom. The van der Waals surface area contributed by atoms with Crippen molar-refractivity contribution in [1.82, 2.24) is 9.97 Å². The number of anilines is 2. The van der Waals surface area contributed by atoms with Gasteiger partial charge in [0.2, 0.25) is 5.95 Å². The molecule has 0 saturated carbocycles. The number of benzene rings is 1. The van der Waals surface area contributed by atoms with E-state index in [-0.39, 0.29) is 11.5 Å². The first-order chi connectivity index (χ1) is 9.22. The summed E-state index contributed by atoms with van der Waals surface area (Å²) >= 11 is 0. The standard InChI is InChI=1S/C14H13N3O2/c18-10-4-1-3-9(7-10)16-14-15-8-11-12(17-14)5-2-6-13(11)19/h1,3-4,7-8,18H,2,5-6H2,(H,15,16,17). The molecule has 5 heteroatoms. The van der Waals surface area contributed by atoms with E-state index in [0.717, 1.165) is 18.5 Å². The molecule has 0 radical (unpaired) electrons. The summed E-state index contributed by atoms with van der Waals surface area (Å²) in [6.07, 6.45) is 3.80. The predicted molar refractivity (Wildman–Crippen MR) is 70.7 cm³/mol. The van der Waals surface area contributed by atoms with Gasteiger partial charge in [-0.05, 0) is 25.0 Å². The molecule has 2 aromatic rings. The number of phenols is 1. The van der Waals surface area contributed by atoms with Crippen LogP contribution in [-0.2, 0) is 6.42 Å². The van der Waals surface area contributed by atoms with Crippen molar-refractivity contribution in [3.05, 3.63) is 41.7 Å². The van der Waals surface area contributed by atoms with Crippen LogP contribution in [0, 0.1) is 0 Å². The zero-order chi connectivity index (χ0) is 13.2. The van der Waals surface area contributed by atoms with Crippen molar-refractivity contribution in [1.29, 1.82) is 0 Å². The summed E-state index contributed by atoms with van der Waals surface area (Å²) in [4.78, 5) is 20.2. The smallest absolute Gasteiger partial charge is 0.227 e. The molecular weight excluding hydrogens is 242 g/mol. The maximum Gasteiger partial charge on any atom is 0.227 e. The summed E-state index contributed by atoms with van der Waals surface area (Å²) in [7, 11) is 0. The maximum absolute atomic E-state index is 11.7. The highest BCUT2D eigenvalue weighted by molar-refractivity contribution is 5.97. The number of carbonyl (C=O) groups is 1. The molecule has 19 heavy (non-hydrogen) atoms. The first-order valence-corrected chi connectivity index (χ1v) is 6.17. The number of hydrogen-bond acceptors (Lipinski definition) is 5. The van der Waals surface area contributed by atoms with Gasteiger partial charge in [-0.2, -0.15) is 0 Å². The molecule has 0 fully saturated rings. The Hall–Kier alpha value is -2.43. The summed E-state index contributed by atoms with van der Waals surface area (Å²) in [5, 5.41) is 12.4. The van der Waals surface area contributed by atoms with Gasteiger partial charge in [0.1, 0.15) is 5.75 Å². The fraction of sp³-hybridized carbons (Fsp3) is 0.214. The van der Waals surface area contributed by atoms with Crippen LogP contribution in [0.15, 0.2) is 30.5 Å². The molecule has 0 amide bonds. The number of carbonyl (C=O) groups excluding carboxylic acids is 1.